The molecule has 0 radical (unpaired) electrons. The molecule has 3 fully saturated rings. The van der Waals surface area contributed by atoms with Crippen LogP contribution in [0.3, 0.4) is 0 Å². The largest absolute Gasteiger partial charge is 0.394 e. The fourth-order valence-electron chi connectivity index (χ4n) is 4.71. The molecule has 0 unspecified atom stereocenters. The van der Waals surface area contributed by atoms with Crippen LogP contribution in [0.1, 0.15) is 24.3 Å². The summed E-state index contributed by atoms with van der Waals surface area (Å²) in [6, 6.07) is 9.92. The van der Waals surface area contributed by atoms with Crippen LogP contribution >= 0.6 is 0 Å². The van der Waals surface area contributed by atoms with E-state index in [1.807, 2.05) is 47.0 Å². The third-order valence-electron chi connectivity index (χ3n) is 6.02. The van der Waals surface area contributed by atoms with Crippen LogP contribution in [0.5, 0.6) is 0 Å². The summed E-state index contributed by atoms with van der Waals surface area (Å²) in [4.78, 5) is 30.9. The zero-order valence-corrected chi connectivity index (χ0v) is 15.5. The number of carbonyl (C=O) groups excluding carboxylic acids is 2. The lowest BCUT2D eigenvalue weighted by Crippen LogP contribution is -2.86. The van der Waals surface area contributed by atoms with Crippen molar-refractivity contribution in [3.8, 4) is 0 Å². The summed E-state index contributed by atoms with van der Waals surface area (Å²) in [7, 11) is 3.77. The molecule has 3 aliphatic rings. The molecule has 0 aromatic heterocycles. The summed E-state index contributed by atoms with van der Waals surface area (Å²) >= 11 is 0. The van der Waals surface area contributed by atoms with Crippen LogP contribution in [0.25, 0.3) is 0 Å². The summed E-state index contributed by atoms with van der Waals surface area (Å²) in [6.07, 6.45) is 1.89. The lowest BCUT2D eigenvalue weighted by molar-refractivity contribution is -0.204. The molecule has 2 atom stereocenters. The van der Waals surface area contributed by atoms with Gasteiger partial charge in [-0.15, -0.1) is 0 Å². The number of likely N-dealkylation sites (N-methyl/N-ethyl adjacent to an activating group) is 1. The van der Waals surface area contributed by atoms with Crippen molar-refractivity contribution >= 4 is 11.8 Å². The second-order valence-corrected chi connectivity index (χ2v) is 8.21. The molecule has 1 spiro atoms. The average molecular weight is 357 g/mol. The number of aliphatic hydroxyl groups is 1. The first kappa shape index (κ1) is 17.5. The number of carbonyl (C=O) groups is 2. The third-order valence-corrected chi connectivity index (χ3v) is 6.02. The van der Waals surface area contributed by atoms with Gasteiger partial charge in [0.25, 0.3) is 0 Å². The molecule has 0 bridgehead atoms. The van der Waals surface area contributed by atoms with Gasteiger partial charge in [-0.2, -0.15) is 0 Å². The zero-order chi connectivity index (χ0) is 18.5. The van der Waals surface area contributed by atoms with Crippen molar-refractivity contribution in [2.75, 3.05) is 40.3 Å². The second-order valence-electron chi connectivity index (χ2n) is 8.21. The molecular weight excluding hydrogens is 330 g/mol. The summed E-state index contributed by atoms with van der Waals surface area (Å²) < 4.78 is 0. The molecule has 1 N–H and O–H groups in total. The summed E-state index contributed by atoms with van der Waals surface area (Å²) in [6.45, 7) is 1.47. The number of benzene rings is 1. The lowest BCUT2D eigenvalue weighted by Gasteiger charge is -2.70. The first-order valence-electron chi connectivity index (χ1n) is 9.39. The van der Waals surface area contributed by atoms with E-state index in [2.05, 4.69) is 12.1 Å². The minimum absolute atomic E-state index is 0.0363. The highest BCUT2D eigenvalue weighted by Crippen LogP contribution is 2.55. The van der Waals surface area contributed by atoms with Crippen LogP contribution in [-0.4, -0.2) is 83.5 Å². The van der Waals surface area contributed by atoms with Crippen LogP contribution in [0.15, 0.2) is 30.3 Å². The van der Waals surface area contributed by atoms with Crippen molar-refractivity contribution in [2.24, 2.45) is 5.92 Å². The van der Waals surface area contributed by atoms with Crippen LogP contribution < -0.4 is 0 Å². The molecule has 4 rings (SSSR count). The van der Waals surface area contributed by atoms with Gasteiger partial charge in [-0.25, -0.2) is 0 Å². The lowest BCUT2D eigenvalue weighted by atomic mass is 9.60. The molecular formula is C20H27N3O3. The summed E-state index contributed by atoms with van der Waals surface area (Å²) in [5.41, 5.74) is 0.794. The van der Waals surface area contributed by atoms with Gasteiger partial charge in [0.1, 0.15) is 0 Å². The van der Waals surface area contributed by atoms with E-state index in [1.165, 1.54) is 0 Å². The number of rotatable bonds is 5. The van der Waals surface area contributed by atoms with E-state index in [0.717, 1.165) is 18.4 Å². The van der Waals surface area contributed by atoms with E-state index in [9.17, 15) is 14.7 Å². The van der Waals surface area contributed by atoms with Gasteiger partial charge in [-0.3, -0.25) is 9.59 Å². The molecule has 2 amide bonds. The standard InChI is InChI=1S/C20H27N3O3/c1-21(2)10-17(25)22-12-20(13-22)18(14-6-4-3-5-7-14)16(11-24)23(20)19(26)15-8-9-15/h3-7,15-16,18,24H,8-13H2,1-2H3/t16-,18+/m1/s1. The highest BCUT2D eigenvalue weighted by molar-refractivity contribution is 5.86. The molecule has 6 heteroatoms. The van der Waals surface area contributed by atoms with E-state index in [-0.39, 0.29) is 41.8 Å². The molecule has 1 aliphatic carbocycles. The predicted octanol–water partition coefficient (Wildman–Crippen LogP) is 0.526. The Balaban J connectivity index is 1.60. The van der Waals surface area contributed by atoms with Crippen molar-refractivity contribution in [3.63, 3.8) is 0 Å². The van der Waals surface area contributed by atoms with Gasteiger partial charge in [0.15, 0.2) is 0 Å². The van der Waals surface area contributed by atoms with E-state index >= 15 is 0 Å². The van der Waals surface area contributed by atoms with Gasteiger partial charge >= 0.3 is 0 Å². The van der Waals surface area contributed by atoms with Gasteiger partial charge in [-0.05, 0) is 32.5 Å². The summed E-state index contributed by atoms with van der Waals surface area (Å²) in [5.74, 6) is 0.457. The van der Waals surface area contributed by atoms with Gasteiger partial charge in [-0.1, -0.05) is 30.3 Å². The normalized spacial score (nSPS) is 26.6. The molecule has 1 aromatic rings. The zero-order valence-electron chi connectivity index (χ0n) is 15.5. The van der Waals surface area contributed by atoms with Crippen molar-refractivity contribution < 1.29 is 14.7 Å². The predicted molar refractivity (Wildman–Crippen MR) is 97.5 cm³/mol. The van der Waals surface area contributed by atoms with E-state index in [1.54, 1.807) is 0 Å². The van der Waals surface area contributed by atoms with Crippen molar-refractivity contribution in [1.29, 1.82) is 0 Å². The first-order chi connectivity index (χ1) is 12.5. The number of nitrogens with zero attached hydrogens (tertiary/aromatic N) is 3. The fraction of sp³-hybridized carbons (Fsp3) is 0.600. The minimum Gasteiger partial charge on any atom is -0.394 e. The van der Waals surface area contributed by atoms with Crippen LogP contribution in [-0.2, 0) is 9.59 Å². The maximum absolute atomic E-state index is 12.9. The third kappa shape index (κ3) is 2.63. The van der Waals surface area contributed by atoms with Crippen LogP contribution in [0, 0.1) is 5.92 Å². The number of likely N-dealkylation sites (tertiary alicyclic amines) is 2. The Morgan fingerprint density at radius 3 is 2.38 bits per heavy atom. The molecule has 140 valence electrons. The molecule has 6 nitrogen and oxygen atoms in total. The Labute approximate surface area is 154 Å². The van der Waals surface area contributed by atoms with E-state index < -0.39 is 0 Å². The first-order valence-corrected chi connectivity index (χ1v) is 9.39. The van der Waals surface area contributed by atoms with Crippen molar-refractivity contribution in [2.45, 2.75) is 30.3 Å². The van der Waals surface area contributed by atoms with Crippen molar-refractivity contribution in [3.05, 3.63) is 35.9 Å². The Morgan fingerprint density at radius 1 is 1.19 bits per heavy atom. The number of aliphatic hydroxyl groups excluding tert-OH is 1. The molecule has 26 heavy (non-hydrogen) atoms. The SMILES string of the molecule is CN(C)CC(=O)N1CC2(C1)[C@@H](c1ccccc1)[C@@H](CO)N2C(=O)C1CC1. The Bertz CT molecular complexity index is 696. The van der Waals surface area contributed by atoms with E-state index in [0.29, 0.717) is 19.6 Å². The Hall–Kier alpha value is -1.92. The van der Waals surface area contributed by atoms with E-state index in [4.69, 9.17) is 0 Å². The molecule has 1 saturated carbocycles. The molecule has 2 heterocycles. The van der Waals surface area contributed by atoms with Crippen LogP contribution in [0.2, 0.25) is 0 Å². The average Bonchev–Trinajstić information content (AvgIpc) is 3.38. The van der Waals surface area contributed by atoms with Crippen LogP contribution in [0.4, 0.5) is 0 Å². The smallest absolute Gasteiger partial charge is 0.236 e. The fourth-order valence-corrected chi connectivity index (χ4v) is 4.71. The number of hydrogen-bond donors (Lipinski definition) is 1. The topological polar surface area (TPSA) is 64.1 Å². The molecule has 1 aromatic carbocycles. The van der Waals surface area contributed by atoms with Gasteiger partial charge in [0, 0.05) is 24.9 Å². The number of hydrogen-bond acceptors (Lipinski definition) is 4. The van der Waals surface area contributed by atoms with Gasteiger partial charge < -0.3 is 19.8 Å². The second kappa shape index (κ2) is 6.35. The highest BCUT2D eigenvalue weighted by atomic mass is 16.3. The minimum atomic E-state index is -0.351. The van der Waals surface area contributed by atoms with Crippen molar-refractivity contribution in [1.82, 2.24) is 14.7 Å². The number of amides is 2. The Morgan fingerprint density at radius 2 is 1.85 bits per heavy atom. The monoisotopic (exact) mass is 357 g/mol. The quantitative estimate of drug-likeness (QED) is 0.835. The highest BCUT2D eigenvalue weighted by Gasteiger charge is 2.68. The maximum Gasteiger partial charge on any atom is 0.236 e. The summed E-state index contributed by atoms with van der Waals surface area (Å²) in [5, 5.41) is 10.0. The van der Waals surface area contributed by atoms with Gasteiger partial charge in [0.2, 0.25) is 11.8 Å². The maximum atomic E-state index is 12.9. The van der Waals surface area contributed by atoms with Gasteiger partial charge in [0.05, 0.1) is 24.7 Å². The molecule has 2 saturated heterocycles. The molecule has 2 aliphatic heterocycles. The Kier molecular flexibility index (Phi) is 4.28.